The van der Waals surface area contributed by atoms with Crippen LogP contribution in [0.25, 0.3) is 0 Å². The number of hydrogen-bond acceptors (Lipinski definition) is 4. The normalized spacial score (nSPS) is 11.9. The predicted molar refractivity (Wildman–Crippen MR) is 95.8 cm³/mol. The predicted octanol–water partition coefficient (Wildman–Crippen LogP) is 3.05. The lowest BCUT2D eigenvalue weighted by atomic mass is 9.91. The van der Waals surface area contributed by atoms with Gasteiger partial charge in [0.15, 0.2) is 11.5 Å². The van der Waals surface area contributed by atoms with E-state index < -0.39 is 0 Å². The fraction of sp³-hybridized carbons (Fsp3) is 0.368. The summed E-state index contributed by atoms with van der Waals surface area (Å²) in [5.41, 5.74) is 9.67. The van der Waals surface area contributed by atoms with E-state index in [9.17, 15) is 0 Å². The van der Waals surface area contributed by atoms with Gasteiger partial charge in [-0.25, -0.2) is 0 Å². The van der Waals surface area contributed by atoms with E-state index in [1.165, 1.54) is 16.8 Å². The molecule has 0 aliphatic carbocycles. The number of methoxy groups -OCH3 is 2. The van der Waals surface area contributed by atoms with E-state index in [0.29, 0.717) is 6.54 Å². The molecule has 0 aromatic heterocycles. The molecule has 0 aliphatic rings. The molecule has 0 fully saturated rings. The Morgan fingerprint density at radius 2 is 1.74 bits per heavy atom. The standard InChI is InChI=1S/C19H26N2O2/c1-21(2)17-7-5-6-15(12-17)16(13-20)10-14-8-9-18(22-3)19(11-14)23-4/h5-9,11-12,16H,10,13,20H2,1-4H3. The first-order chi connectivity index (χ1) is 11.1. The lowest BCUT2D eigenvalue weighted by Crippen LogP contribution is -2.16. The Balaban J connectivity index is 2.24. The summed E-state index contributed by atoms with van der Waals surface area (Å²) < 4.78 is 10.7. The average molecular weight is 314 g/mol. The van der Waals surface area contributed by atoms with Crippen LogP contribution >= 0.6 is 0 Å². The summed E-state index contributed by atoms with van der Waals surface area (Å²) in [6.07, 6.45) is 0.869. The highest BCUT2D eigenvalue weighted by atomic mass is 16.5. The van der Waals surface area contributed by atoms with Crippen molar-refractivity contribution in [1.82, 2.24) is 0 Å². The van der Waals surface area contributed by atoms with E-state index in [-0.39, 0.29) is 5.92 Å². The van der Waals surface area contributed by atoms with Crippen LogP contribution in [0, 0.1) is 0 Å². The minimum atomic E-state index is 0.271. The first kappa shape index (κ1) is 17.2. The number of rotatable bonds is 7. The third kappa shape index (κ3) is 4.17. The molecule has 2 aromatic rings. The molecule has 4 heteroatoms. The number of hydrogen-bond donors (Lipinski definition) is 1. The lowest BCUT2D eigenvalue weighted by Gasteiger charge is -2.19. The molecule has 0 aliphatic heterocycles. The molecule has 2 rings (SSSR count). The van der Waals surface area contributed by atoms with Crippen molar-refractivity contribution in [2.45, 2.75) is 12.3 Å². The van der Waals surface area contributed by atoms with Gasteiger partial charge in [-0.05, 0) is 48.4 Å². The van der Waals surface area contributed by atoms with E-state index in [1.54, 1.807) is 14.2 Å². The topological polar surface area (TPSA) is 47.7 Å². The SMILES string of the molecule is COc1ccc(CC(CN)c2cccc(N(C)C)c2)cc1OC. The summed E-state index contributed by atoms with van der Waals surface area (Å²) >= 11 is 0. The van der Waals surface area contributed by atoms with Crippen molar-refractivity contribution in [2.24, 2.45) is 5.73 Å². The number of ether oxygens (including phenoxy) is 2. The number of benzene rings is 2. The maximum Gasteiger partial charge on any atom is 0.160 e. The van der Waals surface area contributed by atoms with Crippen molar-refractivity contribution in [2.75, 3.05) is 39.8 Å². The fourth-order valence-corrected chi connectivity index (χ4v) is 2.69. The largest absolute Gasteiger partial charge is 0.493 e. The van der Waals surface area contributed by atoms with Gasteiger partial charge in [0.1, 0.15) is 0 Å². The summed E-state index contributed by atoms with van der Waals surface area (Å²) in [7, 11) is 7.39. The van der Waals surface area contributed by atoms with Gasteiger partial charge in [0.2, 0.25) is 0 Å². The summed E-state index contributed by atoms with van der Waals surface area (Å²) in [5.74, 6) is 1.77. The van der Waals surface area contributed by atoms with Crippen LogP contribution in [0.15, 0.2) is 42.5 Å². The first-order valence-electron chi connectivity index (χ1n) is 7.77. The van der Waals surface area contributed by atoms with Crippen molar-refractivity contribution >= 4 is 5.69 Å². The molecule has 0 spiro atoms. The molecule has 1 unspecified atom stereocenters. The number of nitrogens with two attached hydrogens (primary N) is 1. The van der Waals surface area contributed by atoms with Gasteiger partial charge in [0, 0.05) is 25.7 Å². The minimum absolute atomic E-state index is 0.271. The van der Waals surface area contributed by atoms with Crippen molar-refractivity contribution in [3.05, 3.63) is 53.6 Å². The highest BCUT2D eigenvalue weighted by Gasteiger charge is 2.13. The Morgan fingerprint density at radius 1 is 1.00 bits per heavy atom. The van der Waals surface area contributed by atoms with Gasteiger partial charge in [-0.3, -0.25) is 0 Å². The molecule has 0 bridgehead atoms. The minimum Gasteiger partial charge on any atom is -0.493 e. The molecule has 1 atom stereocenters. The highest BCUT2D eigenvalue weighted by molar-refractivity contribution is 5.49. The second kappa shape index (κ2) is 7.88. The zero-order chi connectivity index (χ0) is 16.8. The quantitative estimate of drug-likeness (QED) is 0.853. The number of anilines is 1. The maximum absolute atomic E-state index is 6.04. The van der Waals surface area contributed by atoms with Crippen molar-refractivity contribution < 1.29 is 9.47 Å². The average Bonchev–Trinajstić information content (AvgIpc) is 2.59. The molecule has 0 heterocycles. The van der Waals surface area contributed by atoms with Gasteiger partial charge in [-0.15, -0.1) is 0 Å². The molecule has 23 heavy (non-hydrogen) atoms. The molecular weight excluding hydrogens is 288 g/mol. The first-order valence-corrected chi connectivity index (χ1v) is 7.77. The molecule has 0 radical (unpaired) electrons. The zero-order valence-corrected chi connectivity index (χ0v) is 14.4. The monoisotopic (exact) mass is 314 g/mol. The lowest BCUT2D eigenvalue weighted by molar-refractivity contribution is 0.354. The molecule has 2 N–H and O–H groups in total. The fourth-order valence-electron chi connectivity index (χ4n) is 2.69. The Morgan fingerprint density at radius 3 is 2.35 bits per heavy atom. The van der Waals surface area contributed by atoms with Crippen molar-refractivity contribution in [3.8, 4) is 11.5 Å². The third-order valence-corrected chi connectivity index (χ3v) is 4.07. The second-order valence-electron chi connectivity index (χ2n) is 5.82. The molecule has 0 saturated heterocycles. The van der Waals surface area contributed by atoms with E-state index >= 15 is 0 Å². The highest BCUT2D eigenvalue weighted by Crippen LogP contribution is 2.30. The summed E-state index contributed by atoms with van der Waals surface area (Å²) in [5, 5.41) is 0. The molecule has 0 saturated carbocycles. The molecule has 2 aromatic carbocycles. The summed E-state index contributed by atoms with van der Waals surface area (Å²) in [6.45, 7) is 0.602. The van der Waals surface area contributed by atoms with E-state index in [0.717, 1.165) is 17.9 Å². The van der Waals surface area contributed by atoms with Crippen LogP contribution in [0.4, 0.5) is 5.69 Å². The maximum atomic E-state index is 6.04. The van der Waals surface area contributed by atoms with Gasteiger partial charge in [-0.1, -0.05) is 18.2 Å². The Labute approximate surface area is 138 Å². The third-order valence-electron chi connectivity index (χ3n) is 4.07. The summed E-state index contributed by atoms with van der Waals surface area (Å²) in [6, 6.07) is 14.6. The van der Waals surface area contributed by atoms with Gasteiger partial charge in [-0.2, -0.15) is 0 Å². The Kier molecular flexibility index (Phi) is 5.88. The number of nitrogens with zero attached hydrogens (tertiary/aromatic N) is 1. The van der Waals surface area contributed by atoms with Crippen LogP contribution in [-0.2, 0) is 6.42 Å². The van der Waals surface area contributed by atoms with Crippen LogP contribution in [0.2, 0.25) is 0 Å². The van der Waals surface area contributed by atoms with Gasteiger partial charge >= 0.3 is 0 Å². The van der Waals surface area contributed by atoms with E-state index in [4.69, 9.17) is 15.2 Å². The van der Waals surface area contributed by atoms with Crippen LogP contribution in [0.1, 0.15) is 17.0 Å². The second-order valence-corrected chi connectivity index (χ2v) is 5.82. The van der Waals surface area contributed by atoms with Crippen molar-refractivity contribution in [1.29, 1.82) is 0 Å². The van der Waals surface area contributed by atoms with E-state index in [2.05, 4.69) is 35.2 Å². The van der Waals surface area contributed by atoms with Crippen molar-refractivity contribution in [3.63, 3.8) is 0 Å². The van der Waals surface area contributed by atoms with Gasteiger partial charge in [0.25, 0.3) is 0 Å². The van der Waals surface area contributed by atoms with Crippen LogP contribution in [0.3, 0.4) is 0 Å². The summed E-state index contributed by atoms with van der Waals surface area (Å²) in [4.78, 5) is 2.10. The Hall–Kier alpha value is -2.20. The molecule has 124 valence electrons. The van der Waals surface area contributed by atoms with Gasteiger partial charge < -0.3 is 20.1 Å². The molecule has 4 nitrogen and oxygen atoms in total. The van der Waals surface area contributed by atoms with E-state index in [1.807, 2.05) is 26.2 Å². The smallest absolute Gasteiger partial charge is 0.160 e. The van der Waals surface area contributed by atoms with Gasteiger partial charge in [0.05, 0.1) is 14.2 Å². The molecular formula is C19H26N2O2. The Bertz CT molecular complexity index is 641. The molecule has 0 amide bonds. The zero-order valence-electron chi connectivity index (χ0n) is 14.4. The van der Waals surface area contributed by atoms with Crippen LogP contribution in [-0.4, -0.2) is 34.9 Å². The van der Waals surface area contributed by atoms with Crippen LogP contribution in [0.5, 0.6) is 11.5 Å². The van der Waals surface area contributed by atoms with Crippen LogP contribution < -0.4 is 20.1 Å².